The van der Waals surface area contributed by atoms with Gasteiger partial charge in [0.1, 0.15) is 5.60 Å². The first kappa shape index (κ1) is 19.8. The molecule has 0 amide bonds. The van der Waals surface area contributed by atoms with Gasteiger partial charge in [-0.05, 0) is 34.6 Å². The lowest BCUT2D eigenvalue weighted by molar-refractivity contribution is -0.179. The van der Waals surface area contributed by atoms with Crippen LogP contribution in [0.4, 0.5) is 5.13 Å². The highest BCUT2D eigenvalue weighted by molar-refractivity contribution is 7.13. The van der Waals surface area contributed by atoms with E-state index in [0.717, 1.165) is 0 Å². The van der Waals surface area contributed by atoms with Crippen molar-refractivity contribution >= 4 is 35.1 Å². The lowest BCUT2D eigenvalue weighted by atomic mass is 10.1. The van der Waals surface area contributed by atoms with Crippen LogP contribution < -0.4 is 5.73 Å². The van der Waals surface area contributed by atoms with E-state index in [1.807, 2.05) is 0 Å². The van der Waals surface area contributed by atoms with Gasteiger partial charge in [-0.2, -0.15) is 0 Å². The number of aromatic nitrogens is 1. The van der Waals surface area contributed by atoms with Gasteiger partial charge in [0, 0.05) is 5.38 Å². The summed E-state index contributed by atoms with van der Waals surface area (Å²) in [5.41, 5.74) is 4.34. The van der Waals surface area contributed by atoms with Crippen molar-refractivity contribution in [1.82, 2.24) is 4.98 Å². The van der Waals surface area contributed by atoms with Crippen LogP contribution in [0.15, 0.2) is 10.5 Å². The minimum absolute atomic E-state index is 0.250. The van der Waals surface area contributed by atoms with Crippen molar-refractivity contribution in [3.63, 3.8) is 0 Å². The number of ether oxygens (including phenoxy) is 1. The van der Waals surface area contributed by atoms with Gasteiger partial charge < -0.3 is 20.4 Å². The smallest absolute Gasteiger partial charge is 0.353 e. The molecule has 0 saturated carbocycles. The van der Waals surface area contributed by atoms with Crippen LogP contribution in [0.2, 0.25) is 0 Å². The van der Waals surface area contributed by atoms with Gasteiger partial charge in [0.15, 0.2) is 5.13 Å². The number of oxime groups is 1. The van der Waals surface area contributed by atoms with Crippen molar-refractivity contribution in [2.45, 2.75) is 45.8 Å². The highest BCUT2D eigenvalue weighted by Crippen LogP contribution is 2.18. The third-order valence-corrected chi connectivity index (χ3v) is 2.59. The Balaban J connectivity index is 0.00000135. The molecular weight excluding hydrogens is 310 g/mol. The Bertz CT molecular complexity index is 520. The third kappa shape index (κ3) is 8.20. The molecule has 1 aromatic rings. The van der Waals surface area contributed by atoms with Gasteiger partial charge in [0.25, 0.3) is 6.47 Å². The molecule has 0 spiro atoms. The van der Waals surface area contributed by atoms with Gasteiger partial charge in [-0.25, -0.2) is 9.78 Å². The zero-order chi connectivity index (χ0) is 17.4. The molecule has 124 valence electrons. The molecule has 0 bridgehead atoms. The normalized spacial score (nSPS) is 11.5. The van der Waals surface area contributed by atoms with E-state index in [2.05, 4.69) is 10.1 Å². The van der Waals surface area contributed by atoms with Crippen molar-refractivity contribution in [3.8, 4) is 0 Å². The Labute approximate surface area is 132 Å². The lowest BCUT2D eigenvalue weighted by Crippen LogP contribution is -2.39. The Kier molecular flexibility index (Phi) is 7.51. The number of rotatable bonds is 4. The van der Waals surface area contributed by atoms with Gasteiger partial charge in [0.05, 0.1) is 11.9 Å². The Morgan fingerprint density at radius 1 is 1.41 bits per heavy atom. The number of carboxylic acid groups (broad SMARTS) is 1. The summed E-state index contributed by atoms with van der Waals surface area (Å²) in [5, 5.41) is 12.8. The molecule has 0 saturated heterocycles. The fraction of sp³-hybridized carbons (Fsp3) is 0.538. The van der Waals surface area contributed by atoms with Crippen molar-refractivity contribution in [2.24, 2.45) is 5.16 Å². The van der Waals surface area contributed by atoms with Gasteiger partial charge in [-0.15, -0.1) is 11.3 Å². The van der Waals surface area contributed by atoms with Crippen LogP contribution >= 0.6 is 11.3 Å². The first-order valence-corrected chi connectivity index (χ1v) is 7.13. The average Bonchev–Trinajstić information content (AvgIpc) is 2.73. The second-order valence-electron chi connectivity index (χ2n) is 5.55. The highest BCUT2D eigenvalue weighted by atomic mass is 32.1. The number of hydrogen-bond donors (Lipinski definition) is 2. The maximum atomic E-state index is 11.9. The van der Waals surface area contributed by atoms with Crippen molar-refractivity contribution in [1.29, 1.82) is 0 Å². The summed E-state index contributed by atoms with van der Waals surface area (Å²) in [6.45, 7) is 8.31. The van der Waals surface area contributed by atoms with E-state index in [4.69, 9.17) is 25.2 Å². The zero-order valence-corrected chi connectivity index (χ0v) is 14.0. The zero-order valence-electron chi connectivity index (χ0n) is 13.2. The molecule has 0 aliphatic heterocycles. The Morgan fingerprint density at radius 2 is 1.95 bits per heavy atom. The number of nitrogens with zero attached hydrogens (tertiary/aromatic N) is 2. The molecule has 1 heterocycles. The minimum atomic E-state index is -1.16. The fourth-order valence-corrected chi connectivity index (χ4v) is 1.52. The van der Waals surface area contributed by atoms with Crippen LogP contribution in [0.25, 0.3) is 0 Å². The molecule has 0 aliphatic rings. The molecular formula is C13H21N3O5S. The number of nitrogens with two attached hydrogens (primary N) is 1. The molecule has 22 heavy (non-hydrogen) atoms. The van der Waals surface area contributed by atoms with E-state index in [9.17, 15) is 4.79 Å². The van der Waals surface area contributed by atoms with E-state index in [-0.39, 0.29) is 6.47 Å². The summed E-state index contributed by atoms with van der Waals surface area (Å²) in [4.78, 5) is 29.4. The summed E-state index contributed by atoms with van der Waals surface area (Å²) < 4.78 is 5.24. The van der Waals surface area contributed by atoms with E-state index in [0.29, 0.717) is 10.8 Å². The molecule has 0 aromatic carbocycles. The monoisotopic (exact) mass is 331 g/mol. The standard InChI is InChI=1S/C12H19N3O3S.CH2O2/c1-11(2,3)17-9(16)12(4,5)18-14-6-8-7-19-10(13)15-8;2-1-3/h6-7H,1-5H3,(H2,13,15);1H,(H,2,3). The minimum Gasteiger partial charge on any atom is -0.483 e. The fourth-order valence-electron chi connectivity index (χ4n) is 1.01. The molecule has 3 N–H and O–H groups in total. The average molecular weight is 331 g/mol. The van der Waals surface area contributed by atoms with Gasteiger partial charge >= 0.3 is 5.97 Å². The number of esters is 1. The van der Waals surface area contributed by atoms with E-state index in [1.54, 1.807) is 40.0 Å². The summed E-state index contributed by atoms with van der Waals surface area (Å²) in [7, 11) is 0. The van der Waals surface area contributed by atoms with E-state index in [1.165, 1.54) is 17.6 Å². The number of anilines is 1. The van der Waals surface area contributed by atoms with Crippen LogP contribution in [0, 0.1) is 0 Å². The molecule has 1 aromatic heterocycles. The molecule has 8 nitrogen and oxygen atoms in total. The summed E-state index contributed by atoms with van der Waals surface area (Å²) in [5.74, 6) is -0.477. The number of carbonyl (C=O) groups excluding carboxylic acids is 1. The summed E-state index contributed by atoms with van der Waals surface area (Å²) in [6, 6.07) is 0. The molecule has 1 rings (SSSR count). The topological polar surface area (TPSA) is 124 Å². The molecule has 0 unspecified atom stereocenters. The molecule has 0 fully saturated rings. The Hall–Kier alpha value is -2.16. The van der Waals surface area contributed by atoms with Crippen LogP contribution in [-0.4, -0.2) is 39.9 Å². The molecule has 0 radical (unpaired) electrons. The van der Waals surface area contributed by atoms with Crippen molar-refractivity contribution < 1.29 is 24.3 Å². The number of nitrogen functional groups attached to an aromatic ring is 1. The van der Waals surface area contributed by atoms with Gasteiger partial charge in [-0.3, -0.25) is 4.79 Å². The van der Waals surface area contributed by atoms with E-state index < -0.39 is 17.2 Å². The van der Waals surface area contributed by atoms with Gasteiger partial charge in [0.2, 0.25) is 5.60 Å². The number of carbonyl (C=O) groups is 2. The molecule has 9 heteroatoms. The predicted octanol–water partition coefficient (Wildman–Crippen LogP) is 1.90. The summed E-state index contributed by atoms with van der Waals surface area (Å²) >= 11 is 1.30. The van der Waals surface area contributed by atoms with Crippen LogP contribution in [-0.2, 0) is 19.2 Å². The second kappa shape index (κ2) is 8.32. The molecule has 0 aliphatic carbocycles. The predicted molar refractivity (Wildman–Crippen MR) is 83.8 cm³/mol. The lowest BCUT2D eigenvalue weighted by Gasteiger charge is -2.26. The molecule has 0 atom stereocenters. The quantitative estimate of drug-likeness (QED) is 0.373. The van der Waals surface area contributed by atoms with Crippen LogP contribution in [0.1, 0.15) is 40.3 Å². The second-order valence-corrected chi connectivity index (χ2v) is 6.44. The maximum Gasteiger partial charge on any atom is 0.353 e. The Morgan fingerprint density at radius 3 is 2.36 bits per heavy atom. The van der Waals surface area contributed by atoms with Crippen molar-refractivity contribution in [3.05, 3.63) is 11.1 Å². The third-order valence-electron chi connectivity index (χ3n) is 1.90. The van der Waals surface area contributed by atoms with Gasteiger partial charge in [-0.1, -0.05) is 5.16 Å². The van der Waals surface area contributed by atoms with E-state index >= 15 is 0 Å². The maximum absolute atomic E-state index is 11.9. The highest BCUT2D eigenvalue weighted by Gasteiger charge is 2.35. The van der Waals surface area contributed by atoms with Crippen LogP contribution in [0.3, 0.4) is 0 Å². The SMILES string of the molecule is CC(C)(C)OC(=O)C(C)(C)ON=Cc1csc(N)n1.O=CO. The summed E-state index contributed by atoms with van der Waals surface area (Å²) in [6.07, 6.45) is 1.40. The van der Waals surface area contributed by atoms with Crippen LogP contribution in [0.5, 0.6) is 0 Å². The first-order valence-electron chi connectivity index (χ1n) is 6.25. The number of thiazole rings is 1. The van der Waals surface area contributed by atoms with Crippen molar-refractivity contribution in [2.75, 3.05) is 5.73 Å². The first-order chi connectivity index (χ1) is 10.0. The largest absolute Gasteiger partial charge is 0.483 e. The number of hydrogen-bond acceptors (Lipinski definition) is 8.